The molecule has 0 radical (unpaired) electrons. The van der Waals surface area contributed by atoms with Gasteiger partial charge in [0.25, 0.3) is 5.69 Å². The number of nitrogens with one attached hydrogen (secondary N) is 1. The van der Waals surface area contributed by atoms with Crippen LogP contribution in [0.3, 0.4) is 0 Å². The molecule has 0 saturated heterocycles. The largest absolute Gasteiger partial charge is 0.365 e. The van der Waals surface area contributed by atoms with Gasteiger partial charge in [0.2, 0.25) is 0 Å². The van der Waals surface area contributed by atoms with E-state index in [1.165, 1.54) is 12.3 Å². The molecule has 3 N–H and O–H groups in total. The molecule has 1 aromatic carbocycles. The Hall–Kier alpha value is -1.99. The Kier molecular flexibility index (Phi) is 4.65. The van der Waals surface area contributed by atoms with Crippen LogP contribution in [0.4, 0.5) is 11.5 Å². The lowest BCUT2D eigenvalue weighted by atomic mass is 10.1. The minimum absolute atomic E-state index is 0.0466. The smallest absolute Gasteiger partial charge is 0.288 e. The maximum absolute atomic E-state index is 10.6. The summed E-state index contributed by atoms with van der Waals surface area (Å²) in [7, 11) is 0. The van der Waals surface area contributed by atoms with Crippen LogP contribution in [0.5, 0.6) is 0 Å². The lowest BCUT2D eigenvalue weighted by Crippen LogP contribution is -2.03. The normalized spacial score (nSPS) is 10.3. The van der Waals surface area contributed by atoms with Crippen molar-refractivity contribution in [1.29, 1.82) is 0 Å². The Bertz CT molecular complexity index is 616. The number of benzene rings is 1. The highest BCUT2D eigenvalue weighted by molar-refractivity contribution is 9.10. The van der Waals surface area contributed by atoms with Crippen LogP contribution in [-0.2, 0) is 13.1 Å². The van der Waals surface area contributed by atoms with Crippen LogP contribution in [0.2, 0.25) is 0 Å². The number of nitrogens with two attached hydrogens (primary N) is 1. The van der Waals surface area contributed by atoms with Gasteiger partial charge in [-0.3, -0.25) is 10.1 Å². The van der Waals surface area contributed by atoms with Gasteiger partial charge in [0.05, 0.1) is 9.40 Å². The predicted molar refractivity (Wildman–Crippen MR) is 80.3 cm³/mol. The molecule has 0 bridgehead atoms. The number of nitrogens with zero attached hydrogens (tertiary/aromatic N) is 2. The van der Waals surface area contributed by atoms with Gasteiger partial charge < -0.3 is 11.1 Å². The first-order chi connectivity index (χ1) is 9.60. The summed E-state index contributed by atoms with van der Waals surface area (Å²) in [6.45, 7) is 1.09. The van der Waals surface area contributed by atoms with Crippen LogP contribution in [0, 0.1) is 10.1 Å². The monoisotopic (exact) mass is 336 g/mol. The number of aromatic nitrogens is 1. The molecule has 20 heavy (non-hydrogen) atoms. The number of rotatable bonds is 5. The van der Waals surface area contributed by atoms with E-state index in [1.54, 1.807) is 0 Å². The molecular weight excluding hydrogens is 324 g/mol. The molecule has 0 amide bonds. The Morgan fingerprint density at radius 2 is 1.95 bits per heavy atom. The Labute approximate surface area is 124 Å². The van der Waals surface area contributed by atoms with Gasteiger partial charge in [-0.1, -0.05) is 24.3 Å². The van der Waals surface area contributed by atoms with E-state index >= 15 is 0 Å². The van der Waals surface area contributed by atoms with Crippen molar-refractivity contribution in [3.8, 4) is 0 Å². The van der Waals surface area contributed by atoms with E-state index in [0.29, 0.717) is 23.4 Å². The Morgan fingerprint density at radius 3 is 2.50 bits per heavy atom. The molecule has 1 heterocycles. The maximum atomic E-state index is 10.6. The second-order valence-electron chi connectivity index (χ2n) is 4.16. The first kappa shape index (κ1) is 14.4. The quantitative estimate of drug-likeness (QED) is 0.646. The zero-order valence-corrected chi connectivity index (χ0v) is 12.1. The van der Waals surface area contributed by atoms with Gasteiger partial charge in [0.1, 0.15) is 12.0 Å². The van der Waals surface area contributed by atoms with Crippen molar-refractivity contribution in [2.45, 2.75) is 13.1 Å². The van der Waals surface area contributed by atoms with Crippen molar-refractivity contribution in [1.82, 2.24) is 4.98 Å². The van der Waals surface area contributed by atoms with Crippen LogP contribution in [0.15, 0.2) is 41.0 Å². The molecule has 0 spiro atoms. The zero-order valence-electron chi connectivity index (χ0n) is 10.5. The molecule has 0 unspecified atom stereocenters. The summed E-state index contributed by atoms with van der Waals surface area (Å²) in [5.74, 6) is 0.568. The molecule has 0 atom stereocenters. The summed E-state index contributed by atoms with van der Waals surface area (Å²) in [5, 5.41) is 13.7. The number of hydrogen-bond acceptors (Lipinski definition) is 5. The highest BCUT2D eigenvalue weighted by atomic mass is 79.9. The molecule has 0 aliphatic heterocycles. The maximum Gasteiger partial charge on any atom is 0.288 e. The average Bonchev–Trinajstić information content (AvgIpc) is 2.46. The van der Waals surface area contributed by atoms with Crippen molar-refractivity contribution in [2.75, 3.05) is 5.32 Å². The number of nitro groups is 1. The van der Waals surface area contributed by atoms with E-state index in [2.05, 4.69) is 26.2 Å². The molecule has 2 rings (SSSR count). The van der Waals surface area contributed by atoms with Gasteiger partial charge in [0, 0.05) is 19.2 Å². The molecule has 0 saturated carbocycles. The van der Waals surface area contributed by atoms with Crippen LogP contribution in [0.25, 0.3) is 0 Å². The number of pyridine rings is 1. The van der Waals surface area contributed by atoms with Crippen LogP contribution in [-0.4, -0.2) is 9.91 Å². The van der Waals surface area contributed by atoms with Crippen molar-refractivity contribution >= 4 is 27.4 Å². The topological polar surface area (TPSA) is 94.1 Å². The van der Waals surface area contributed by atoms with Crippen LogP contribution in [0.1, 0.15) is 11.1 Å². The van der Waals surface area contributed by atoms with Gasteiger partial charge >= 0.3 is 0 Å². The summed E-state index contributed by atoms with van der Waals surface area (Å²) in [6.07, 6.45) is 1.23. The first-order valence-corrected chi connectivity index (χ1v) is 6.71. The third-order valence-corrected chi connectivity index (χ3v) is 3.36. The lowest BCUT2D eigenvalue weighted by molar-refractivity contribution is -0.385. The standard InChI is InChI=1S/C13H13BrN4O2/c14-12-5-11(18(19)20)8-17-13(12)16-7-10-3-1-9(6-15)2-4-10/h1-5,8H,6-7,15H2,(H,16,17). The van der Waals surface area contributed by atoms with Gasteiger partial charge in [-0.15, -0.1) is 0 Å². The van der Waals surface area contributed by atoms with Gasteiger partial charge in [-0.2, -0.15) is 0 Å². The van der Waals surface area contributed by atoms with Crippen molar-refractivity contribution in [2.24, 2.45) is 5.73 Å². The van der Waals surface area contributed by atoms with Gasteiger partial charge in [-0.05, 0) is 27.1 Å². The summed E-state index contributed by atoms with van der Waals surface area (Å²) in [5.41, 5.74) is 7.64. The first-order valence-electron chi connectivity index (χ1n) is 5.92. The number of anilines is 1. The number of hydrogen-bond donors (Lipinski definition) is 2. The fourth-order valence-corrected chi connectivity index (χ4v) is 2.11. The molecule has 2 aromatic rings. The minimum atomic E-state index is -0.479. The van der Waals surface area contributed by atoms with Crippen molar-refractivity contribution in [3.63, 3.8) is 0 Å². The third kappa shape index (κ3) is 3.52. The summed E-state index contributed by atoms with van der Waals surface area (Å²) in [4.78, 5) is 14.2. The molecular formula is C13H13BrN4O2. The fraction of sp³-hybridized carbons (Fsp3) is 0.154. The molecule has 104 valence electrons. The van der Waals surface area contributed by atoms with Crippen molar-refractivity contribution < 1.29 is 4.92 Å². The van der Waals surface area contributed by atoms with E-state index in [1.807, 2.05) is 24.3 Å². The summed E-state index contributed by atoms with van der Waals surface area (Å²) in [6, 6.07) is 9.32. The van der Waals surface area contributed by atoms with E-state index in [-0.39, 0.29) is 5.69 Å². The fourth-order valence-electron chi connectivity index (χ4n) is 1.64. The zero-order chi connectivity index (χ0) is 14.5. The lowest BCUT2D eigenvalue weighted by Gasteiger charge is -2.08. The van der Waals surface area contributed by atoms with E-state index in [9.17, 15) is 10.1 Å². The van der Waals surface area contributed by atoms with Gasteiger partial charge in [-0.25, -0.2) is 4.98 Å². The summed E-state index contributed by atoms with van der Waals surface area (Å²) < 4.78 is 0.560. The molecule has 7 heteroatoms. The summed E-state index contributed by atoms with van der Waals surface area (Å²) >= 11 is 3.27. The van der Waals surface area contributed by atoms with Crippen LogP contribution >= 0.6 is 15.9 Å². The third-order valence-electron chi connectivity index (χ3n) is 2.76. The second-order valence-corrected chi connectivity index (χ2v) is 5.01. The highest BCUT2D eigenvalue weighted by Gasteiger charge is 2.10. The highest BCUT2D eigenvalue weighted by Crippen LogP contribution is 2.24. The van der Waals surface area contributed by atoms with E-state index in [4.69, 9.17) is 5.73 Å². The molecule has 6 nitrogen and oxygen atoms in total. The Balaban J connectivity index is 2.04. The number of halogens is 1. The molecule has 1 aromatic heterocycles. The molecule has 0 aliphatic carbocycles. The van der Waals surface area contributed by atoms with Gasteiger partial charge in [0.15, 0.2) is 0 Å². The van der Waals surface area contributed by atoms with Crippen molar-refractivity contribution in [3.05, 3.63) is 62.2 Å². The predicted octanol–water partition coefficient (Wildman–Crippen LogP) is 2.82. The Morgan fingerprint density at radius 1 is 1.30 bits per heavy atom. The molecule has 0 aliphatic rings. The average molecular weight is 337 g/mol. The second kappa shape index (κ2) is 6.44. The minimum Gasteiger partial charge on any atom is -0.365 e. The SMILES string of the molecule is NCc1ccc(CNc2ncc([N+](=O)[O-])cc2Br)cc1. The molecule has 0 fully saturated rings. The van der Waals surface area contributed by atoms with E-state index < -0.39 is 4.92 Å². The van der Waals surface area contributed by atoms with E-state index in [0.717, 1.165) is 11.1 Å². The van der Waals surface area contributed by atoms with Crippen LogP contribution < -0.4 is 11.1 Å².